The fraction of sp³-hybridized carbons (Fsp3) is 0.158. The second-order valence-electron chi connectivity index (χ2n) is 5.44. The van der Waals surface area contributed by atoms with Gasteiger partial charge in [0.25, 0.3) is 0 Å². The van der Waals surface area contributed by atoms with E-state index < -0.39 is 0 Å². The Bertz CT molecular complexity index is 866. The quantitative estimate of drug-likeness (QED) is 0.774. The predicted octanol–water partition coefficient (Wildman–Crippen LogP) is 3.51. The van der Waals surface area contributed by atoms with Crippen LogP contribution in [0.4, 0.5) is 5.82 Å². The number of carbonyl (C=O) groups is 1. The Hall–Kier alpha value is -3.28. The van der Waals surface area contributed by atoms with E-state index in [0.29, 0.717) is 23.0 Å². The van der Waals surface area contributed by atoms with Crippen LogP contribution in [0.1, 0.15) is 6.92 Å². The molecule has 0 unspecified atom stereocenters. The highest BCUT2D eigenvalue weighted by molar-refractivity contribution is 5.89. The van der Waals surface area contributed by atoms with E-state index in [1.54, 1.807) is 25.0 Å². The number of ether oxygens (including phenoxy) is 2. The summed E-state index contributed by atoms with van der Waals surface area (Å²) in [6, 6.07) is 17.0. The molecule has 1 aromatic heterocycles. The van der Waals surface area contributed by atoms with Crippen LogP contribution in [-0.2, 0) is 4.79 Å². The summed E-state index contributed by atoms with van der Waals surface area (Å²) in [4.78, 5) is 11.6. The molecule has 25 heavy (non-hydrogen) atoms. The number of amides is 1. The first-order valence-corrected chi connectivity index (χ1v) is 7.77. The summed E-state index contributed by atoms with van der Waals surface area (Å²) in [7, 11) is 3.20. The maximum absolute atomic E-state index is 11.6. The van der Waals surface area contributed by atoms with Gasteiger partial charge in [0.15, 0.2) is 0 Å². The highest BCUT2D eigenvalue weighted by Crippen LogP contribution is 2.31. The summed E-state index contributed by atoms with van der Waals surface area (Å²) in [5.74, 6) is 1.77. The molecule has 6 nitrogen and oxygen atoms in total. The van der Waals surface area contributed by atoms with E-state index in [0.717, 1.165) is 11.3 Å². The van der Waals surface area contributed by atoms with Gasteiger partial charge in [-0.3, -0.25) is 4.79 Å². The van der Waals surface area contributed by atoms with Crippen LogP contribution in [0.15, 0.2) is 54.6 Å². The Kier molecular flexibility index (Phi) is 4.70. The zero-order chi connectivity index (χ0) is 17.8. The van der Waals surface area contributed by atoms with Gasteiger partial charge in [-0.1, -0.05) is 18.2 Å². The number of para-hydroxylation sites is 1. The fourth-order valence-electron chi connectivity index (χ4n) is 2.51. The highest BCUT2D eigenvalue weighted by atomic mass is 16.5. The first-order valence-electron chi connectivity index (χ1n) is 7.77. The fourth-order valence-corrected chi connectivity index (χ4v) is 2.51. The molecule has 0 aliphatic rings. The summed E-state index contributed by atoms with van der Waals surface area (Å²) in [5.41, 5.74) is 2.38. The van der Waals surface area contributed by atoms with Crippen LogP contribution in [0.5, 0.6) is 11.5 Å². The average Bonchev–Trinajstić information content (AvgIpc) is 3.05. The second-order valence-corrected chi connectivity index (χ2v) is 5.44. The largest absolute Gasteiger partial charge is 0.497 e. The van der Waals surface area contributed by atoms with Gasteiger partial charge >= 0.3 is 0 Å². The molecule has 0 bridgehead atoms. The van der Waals surface area contributed by atoms with Crippen LogP contribution in [-0.4, -0.2) is 29.9 Å². The molecule has 0 fully saturated rings. The van der Waals surface area contributed by atoms with Crippen molar-refractivity contribution in [3.63, 3.8) is 0 Å². The molecular formula is C19H19N3O3. The summed E-state index contributed by atoms with van der Waals surface area (Å²) < 4.78 is 12.3. The van der Waals surface area contributed by atoms with Gasteiger partial charge in [0, 0.05) is 24.6 Å². The molecule has 1 heterocycles. The topological polar surface area (TPSA) is 65.4 Å². The molecule has 3 aromatic rings. The van der Waals surface area contributed by atoms with Crippen LogP contribution in [0.2, 0.25) is 0 Å². The summed E-state index contributed by atoms with van der Waals surface area (Å²) in [5, 5.41) is 7.46. The van der Waals surface area contributed by atoms with Gasteiger partial charge in [-0.25, -0.2) is 4.68 Å². The zero-order valence-corrected chi connectivity index (χ0v) is 14.3. The number of methoxy groups -OCH3 is 2. The van der Waals surface area contributed by atoms with Crippen molar-refractivity contribution in [2.45, 2.75) is 6.92 Å². The molecule has 1 N–H and O–H groups in total. The minimum atomic E-state index is -0.160. The third kappa shape index (κ3) is 3.63. The predicted molar refractivity (Wildman–Crippen MR) is 96.4 cm³/mol. The molecule has 3 rings (SSSR count). The zero-order valence-electron chi connectivity index (χ0n) is 14.3. The number of carbonyl (C=O) groups excluding carboxylic acids is 1. The van der Waals surface area contributed by atoms with Gasteiger partial charge in [-0.2, -0.15) is 5.10 Å². The molecule has 0 radical (unpaired) electrons. The van der Waals surface area contributed by atoms with Crippen molar-refractivity contribution in [1.82, 2.24) is 9.78 Å². The third-order valence-electron chi connectivity index (χ3n) is 3.66. The first-order chi connectivity index (χ1) is 12.1. The molecule has 0 saturated carbocycles. The Morgan fingerprint density at radius 1 is 1.00 bits per heavy atom. The SMILES string of the molecule is COc1cc(OC)cc(-c2cc(NC(C)=O)n(-c3ccccc3)n2)c1. The van der Waals surface area contributed by atoms with Crippen molar-refractivity contribution in [2.75, 3.05) is 19.5 Å². The van der Waals surface area contributed by atoms with Crippen molar-refractivity contribution in [2.24, 2.45) is 0 Å². The van der Waals surface area contributed by atoms with E-state index in [9.17, 15) is 4.79 Å². The number of hydrogen-bond donors (Lipinski definition) is 1. The van der Waals surface area contributed by atoms with Gasteiger partial charge in [-0.15, -0.1) is 0 Å². The van der Waals surface area contributed by atoms with E-state index in [4.69, 9.17) is 9.47 Å². The molecule has 6 heteroatoms. The number of nitrogens with one attached hydrogen (secondary N) is 1. The molecule has 1 amide bonds. The van der Waals surface area contributed by atoms with Crippen molar-refractivity contribution < 1.29 is 14.3 Å². The normalized spacial score (nSPS) is 10.4. The van der Waals surface area contributed by atoms with E-state index in [2.05, 4.69) is 10.4 Å². The van der Waals surface area contributed by atoms with Gasteiger partial charge in [0.05, 0.1) is 25.6 Å². The summed E-state index contributed by atoms with van der Waals surface area (Å²) in [6.45, 7) is 1.47. The van der Waals surface area contributed by atoms with Crippen molar-refractivity contribution in [3.8, 4) is 28.4 Å². The number of hydrogen-bond acceptors (Lipinski definition) is 4. The standard InChI is InChI=1S/C19H19N3O3/c1-13(23)20-19-12-18(21-22(19)15-7-5-4-6-8-15)14-9-16(24-2)11-17(10-14)25-3/h4-12H,1-3H3,(H,20,23). The third-order valence-corrected chi connectivity index (χ3v) is 3.66. The van der Waals surface area contributed by atoms with E-state index in [-0.39, 0.29) is 5.91 Å². The van der Waals surface area contributed by atoms with Crippen molar-refractivity contribution >= 4 is 11.7 Å². The van der Waals surface area contributed by atoms with Crippen LogP contribution < -0.4 is 14.8 Å². The number of nitrogens with zero attached hydrogens (tertiary/aromatic N) is 2. The van der Waals surface area contributed by atoms with Crippen LogP contribution in [0, 0.1) is 0 Å². The molecule has 0 aliphatic carbocycles. The molecule has 0 aliphatic heterocycles. The molecule has 0 spiro atoms. The maximum Gasteiger partial charge on any atom is 0.222 e. The van der Waals surface area contributed by atoms with Crippen molar-refractivity contribution in [3.05, 3.63) is 54.6 Å². The lowest BCUT2D eigenvalue weighted by Crippen LogP contribution is -2.10. The summed E-state index contributed by atoms with van der Waals surface area (Å²) >= 11 is 0. The number of rotatable bonds is 5. The monoisotopic (exact) mass is 337 g/mol. The molecule has 2 aromatic carbocycles. The number of aromatic nitrogens is 2. The first kappa shape index (κ1) is 16.6. The smallest absolute Gasteiger partial charge is 0.222 e. The van der Waals surface area contributed by atoms with Gasteiger partial charge in [-0.05, 0) is 24.3 Å². The number of benzene rings is 2. The molecule has 0 saturated heterocycles. The van der Waals surface area contributed by atoms with E-state index in [1.807, 2.05) is 48.5 Å². The molecule has 0 atom stereocenters. The minimum Gasteiger partial charge on any atom is -0.497 e. The lowest BCUT2D eigenvalue weighted by Gasteiger charge is -2.07. The minimum absolute atomic E-state index is 0.160. The van der Waals surface area contributed by atoms with Crippen LogP contribution >= 0.6 is 0 Å². The lowest BCUT2D eigenvalue weighted by molar-refractivity contribution is -0.114. The van der Waals surface area contributed by atoms with E-state index >= 15 is 0 Å². The van der Waals surface area contributed by atoms with Gasteiger partial charge < -0.3 is 14.8 Å². The van der Waals surface area contributed by atoms with Crippen LogP contribution in [0.25, 0.3) is 16.9 Å². The van der Waals surface area contributed by atoms with Gasteiger partial charge in [0.2, 0.25) is 5.91 Å². The maximum atomic E-state index is 11.6. The Morgan fingerprint density at radius 3 is 2.20 bits per heavy atom. The average molecular weight is 337 g/mol. The Morgan fingerprint density at radius 2 is 1.64 bits per heavy atom. The molecule has 128 valence electrons. The van der Waals surface area contributed by atoms with Gasteiger partial charge in [0.1, 0.15) is 17.3 Å². The van der Waals surface area contributed by atoms with Crippen molar-refractivity contribution in [1.29, 1.82) is 0 Å². The Balaban J connectivity index is 2.12. The lowest BCUT2D eigenvalue weighted by atomic mass is 10.1. The van der Waals surface area contributed by atoms with E-state index in [1.165, 1.54) is 6.92 Å². The molecular weight excluding hydrogens is 318 g/mol. The highest BCUT2D eigenvalue weighted by Gasteiger charge is 2.14. The second kappa shape index (κ2) is 7.09. The van der Waals surface area contributed by atoms with Crippen LogP contribution in [0.3, 0.4) is 0 Å². The Labute approximate surface area is 146 Å². The summed E-state index contributed by atoms with van der Waals surface area (Å²) in [6.07, 6.45) is 0. The number of anilines is 1.